The largest absolute Gasteiger partial charge is 0.507 e. The number of nitrogens with one attached hydrogen (secondary N) is 1. The van der Waals surface area contributed by atoms with Crippen LogP contribution in [0.3, 0.4) is 0 Å². The summed E-state index contributed by atoms with van der Waals surface area (Å²) in [7, 11) is 3.03. The van der Waals surface area contributed by atoms with Crippen molar-refractivity contribution in [3.05, 3.63) is 65.7 Å². The Hall–Kier alpha value is -4.00. The maximum absolute atomic E-state index is 12.6. The Kier molecular flexibility index (Phi) is 5.02. The molecule has 0 aliphatic carbocycles. The predicted octanol–water partition coefficient (Wildman–Crippen LogP) is 4.78. The Labute approximate surface area is 172 Å². The number of rotatable bonds is 5. The molecular formula is C23H20N2O5. The fourth-order valence-corrected chi connectivity index (χ4v) is 3.12. The number of benzene rings is 3. The Morgan fingerprint density at radius 2 is 1.80 bits per heavy atom. The first-order valence-corrected chi connectivity index (χ1v) is 9.22. The summed E-state index contributed by atoms with van der Waals surface area (Å²) in [5, 5.41) is 13.2. The van der Waals surface area contributed by atoms with E-state index in [-0.39, 0.29) is 11.7 Å². The van der Waals surface area contributed by atoms with Crippen molar-refractivity contribution >= 4 is 22.7 Å². The van der Waals surface area contributed by atoms with Crippen molar-refractivity contribution in [2.24, 2.45) is 0 Å². The molecule has 3 aromatic carbocycles. The Morgan fingerprint density at radius 3 is 2.53 bits per heavy atom. The van der Waals surface area contributed by atoms with E-state index in [4.69, 9.17) is 13.9 Å². The molecule has 0 aliphatic rings. The Morgan fingerprint density at radius 1 is 1.00 bits per heavy atom. The van der Waals surface area contributed by atoms with E-state index in [1.807, 2.05) is 25.1 Å². The number of aryl methyl sites for hydroxylation is 1. The van der Waals surface area contributed by atoms with E-state index < -0.39 is 0 Å². The van der Waals surface area contributed by atoms with Crippen molar-refractivity contribution < 1.29 is 23.8 Å². The highest BCUT2D eigenvalue weighted by Gasteiger charge is 2.15. The zero-order valence-corrected chi connectivity index (χ0v) is 16.7. The average Bonchev–Trinajstić information content (AvgIpc) is 3.16. The third kappa shape index (κ3) is 3.65. The van der Waals surface area contributed by atoms with E-state index in [1.165, 1.54) is 20.3 Å². The van der Waals surface area contributed by atoms with Crippen molar-refractivity contribution in [2.45, 2.75) is 6.92 Å². The summed E-state index contributed by atoms with van der Waals surface area (Å²) in [5.41, 5.74) is 3.69. The van der Waals surface area contributed by atoms with Gasteiger partial charge in [-0.3, -0.25) is 4.79 Å². The van der Waals surface area contributed by atoms with E-state index in [1.54, 1.807) is 30.3 Å². The lowest BCUT2D eigenvalue weighted by Gasteiger charge is -2.10. The molecule has 0 spiro atoms. The summed E-state index contributed by atoms with van der Waals surface area (Å²) in [5.74, 6) is 0.897. The third-order valence-corrected chi connectivity index (χ3v) is 4.67. The number of aromatic nitrogens is 1. The van der Waals surface area contributed by atoms with Gasteiger partial charge in [0.2, 0.25) is 5.89 Å². The molecule has 1 aromatic heterocycles. The number of methoxy groups -OCH3 is 2. The number of anilines is 1. The number of carbonyl (C=O) groups excluding carboxylic acids is 1. The van der Waals surface area contributed by atoms with Crippen LogP contribution in [-0.2, 0) is 0 Å². The fraction of sp³-hybridized carbons (Fsp3) is 0.130. The lowest BCUT2D eigenvalue weighted by atomic mass is 10.1. The van der Waals surface area contributed by atoms with E-state index in [0.29, 0.717) is 39.8 Å². The predicted molar refractivity (Wildman–Crippen MR) is 113 cm³/mol. The number of phenolic OH excluding ortho intramolecular Hbond substituents is 1. The Bertz CT molecular complexity index is 1250. The maximum atomic E-state index is 12.6. The highest BCUT2D eigenvalue weighted by Crippen LogP contribution is 2.34. The normalized spacial score (nSPS) is 10.8. The monoisotopic (exact) mass is 404 g/mol. The summed E-state index contributed by atoms with van der Waals surface area (Å²) in [6, 6.07) is 15.3. The third-order valence-electron chi connectivity index (χ3n) is 4.67. The standard InChI is InChI=1S/C23H20N2O5/c1-13-4-8-19-17(10-13)25-23(30-19)16-7-6-15(12-18(16)26)24-22(27)14-5-9-20(28-2)21(11-14)29-3/h4-12,26H,1-3H3,(H,24,27). The number of amides is 1. The number of carbonyl (C=O) groups is 1. The van der Waals surface area contributed by atoms with Gasteiger partial charge < -0.3 is 24.3 Å². The minimum Gasteiger partial charge on any atom is -0.507 e. The van der Waals surface area contributed by atoms with Gasteiger partial charge >= 0.3 is 0 Å². The molecule has 0 atom stereocenters. The molecule has 0 bridgehead atoms. The van der Waals surface area contributed by atoms with Crippen molar-refractivity contribution in [2.75, 3.05) is 19.5 Å². The molecule has 0 saturated carbocycles. The molecule has 4 aromatic rings. The molecule has 1 heterocycles. The van der Waals surface area contributed by atoms with Gasteiger partial charge in [0.15, 0.2) is 17.1 Å². The van der Waals surface area contributed by atoms with Gasteiger partial charge in [0.25, 0.3) is 5.91 Å². The van der Waals surface area contributed by atoms with Crippen LogP contribution in [0.2, 0.25) is 0 Å². The van der Waals surface area contributed by atoms with Crippen molar-refractivity contribution in [3.8, 4) is 28.7 Å². The smallest absolute Gasteiger partial charge is 0.255 e. The number of hydrogen-bond donors (Lipinski definition) is 2. The number of phenols is 1. The van der Waals surface area contributed by atoms with Gasteiger partial charge in [-0.2, -0.15) is 0 Å². The molecule has 30 heavy (non-hydrogen) atoms. The van der Waals surface area contributed by atoms with Crippen molar-refractivity contribution in [1.82, 2.24) is 4.98 Å². The number of oxazole rings is 1. The summed E-state index contributed by atoms with van der Waals surface area (Å²) >= 11 is 0. The second-order valence-electron chi connectivity index (χ2n) is 6.75. The van der Waals surface area contributed by atoms with Crippen molar-refractivity contribution in [3.63, 3.8) is 0 Å². The number of fused-ring (bicyclic) bond motifs is 1. The highest BCUT2D eigenvalue weighted by atomic mass is 16.5. The van der Waals surface area contributed by atoms with Crippen molar-refractivity contribution in [1.29, 1.82) is 0 Å². The maximum Gasteiger partial charge on any atom is 0.255 e. The molecule has 0 radical (unpaired) electrons. The number of aromatic hydroxyl groups is 1. The van der Waals surface area contributed by atoms with Crippen LogP contribution in [0, 0.1) is 6.92 Å². The topological polar surface area (TPSA) is 93.8 Å². The van der Waals surface area contributed by atoms with E-state index in [2.05, 4.69) is 10.3 Å². The molecule has 0 unspecified atom stereocenters. The van der Waals surface area contributed by atoms with Gasteiger partial charge in [-0.1, -0.05) is 6.07 Å². The van der Waals surface area contributed by atoms with E-state index in [9.17, 15) is 9.90 Å². The molecule has 7 heteroatoms. The molecule has 0 aliphatic heterocycles. The number of nitrogens with zero attached hydrogens (tertiary/aromatic N) is 1. The zero-order valence-electron chi connectivity index (χ0n) is 16.7. The summed E-state index contributed by atoms with van der Waals surface area (Å²) < 4.78 is 16.2. The zero-order chi connectivity index (χ0) is 21.3. The van der Waals surface area contributed by atoms with Gasteiger partial charge in [-0.25, -0.2) is 4.98 Å². The van der Waals surface area contributed by atoms with Crippen LogP contribution >= 0.6 is 0 Å². The molecule has 2 N–H and O–H groups in total. The molecule has 7 nitrogen and oxygen atoms in total. The van der Waals surface area contributed by atoms with Crippen LogP contribution in [-0.4, -0.2) is 30.2 Å². The van der Waals surface area contributed by atoms with Gasteiger partial charge in [0.05, 0.1) is 19.8 Å². The first kappa shape index (κ1) is 19.3. The molecule has 4 rings (SSSR count). The molecular weight excluding hydrogens is 384 g/mol. The minimum atomic E-state index is -0.347. The van der Waals surface area contributed by atoms with Crippen LogP contribution in [0.15, 0.2) is 59.0 Å². The highest BCUT2D eigenvalue weighted by molar-refractivity contribution is 6.05. The van der Waals surface area contributed by atoms with Gasteiger partial charge in [0.1, 0.15) is 11.3 Å². The number of hydrogen-bond acceptors (Lipinski definition) is 6. The first-order valence-electron chi connectivity index (χ1n) is 9.22. The van der Waals surface area contributed by atoms with Gasteiger partial charge in [0, 0.05) is 17.3 Å². The average molecular weight is 404 g/mol. The van der Waals surface area contributed by atoms with E-state index in [0.717, 1.165) is 11.1 Å². The number of ether oxygens (including phenoxy) is 2. The van der Waals surface area contributed by atoms with Crippen LogP contribution < -0.4 is 14.8 Å². The van der Waals surface area contributed by atoms with Gasteiger partial charge in [-0.05, 0) is 55.0 Å². The van der Waals surface area contributed by atoms with Crippen LogP contribution in [0.4, 0.5) is 5.69 Å². The lowest BCUT2D eigenvalue weighted by molar-refractivity contribution is 0.102. The molecule has 152 valence electrons. The fourth-order valence-electron chi connectivity index (χ4n) is 3.12. The second kappa shape index (κ2) is 7.79. The summed E-state index contributed by atoms with van der Waals surface area (Å²) in [6.07, 6.45) is 0. The Balaban J connectivity index is 1.57. The quantitative estimate of drug-likeness (QED) is 0.497. The lowest BCUT2D eigenvalue weighted by Crippen LogP contribution is -2.12. The molecule has 0 saturated heterocycles. The van der Waals surface area contributed by atoms with Crippen LogP contribution in [0.5, 0.6) is 17.2 Å². The first-order chi connectivity index (χ1) is 14.5. The van der Waals surface area contributed by atoms with Gasteiger partial charge in [-0.15, -0.1) is 0 Å². The summed E-state index contributed by atoms with van der Waals surface area (Å²) in [4.78, 5) is 17.0. The summed E-state index contributed by atoms with van der Waals surface area (Å²) in [6.45, 7) is 1.97. The van der Waals surface area contributed by atoms with Crippen LogP contribution in [0.25, 0.3) is 22.6 Å². The second-order valence-corrected chi connectivity index (χ2v) is 6.75. The molecule has 0 fully saturated rings. The minimum absolute atomic E-state index is 0.0524. The molecule has 1 amide bonds. The van der Waals surface area contributed by atoms with Crippen LogP contribution in [0.1, 0.15) is 15.9 Å². The van der Waals surface area contributed by atoms with E-state index >= 15 is 0 Å². The SMILES string of the molecule is COc1ccc(C(=O)Nc2ccc(-c3nc4cc(C)ccc4o3)c(O)c2)cc1OC.